The smallest absolute Gasteiger partial charge is 0.254 e. The lowest BCUT2D eigenvalue weighted by Crippen LogP contribution is -2.35. The number of anilines is 2. The number of nitrogens with one attached hydrogen (secondary N) is 1. The molecular formula is C22H25N3O3. The first kappa shape index (κ1) is 19.6. The molecule has 0 radical (unpaired) electrons. The van der Waals surface area contributed by atoms with Crippen molar-refractivity contribution in [2.45, 2.75) is 26.7 Å². The average Bonchev–Trinajstić information content (AvgIpc) is 3.10. The number of para-hydroxylation sites is 1. The van der Waals surface area contributed by atoms with Gasteiger partial charge in [0.2, 0.25) is 11.8 Å². The summed E-state index contributed by atoms with van der Waals surface area (Å²) in [6.45, 7) is 4.54. The second-order valence-electron chi connectivity index (χ2n) is 7.17. The molecule has 3 rings (SSSR count). The molecule has 0 saturated carbocycles. The van der Waals surface area contributed by atoms with E-state index in [-0.39, 0.29) is 24.3 Å². The molecular weight excluding hydrogens is 354 g/mol. The number of nitrogens with zero attached hydrogens (tertiary/aromatic N) is 2. The average molecular weight is 379 g/mol. The molecule has 0 atom stereocenters. The van der Waals surface area contributed by atoms with Crippen molar-refractivity contribution < 1.29 is 14.4 Å². The molecule has 1 saturated heterocycles. The largest absolute Gasteiger partial charge is 0.332 e. The fraction of sp³-hybridized carbons (Fsp3) is 0.318. The van der Waals surface area contributed by atoms with Gasteiger partial charge in [-0.15, -0.1) is 0 Å². The van der Waals surface area contributed by atoms with Crippen LogP contribution in [0.25, 0.3) is 0 Å². The third kappa shape index (κ3) is 4.22. The van der Waals surface area contributed by atoms with Gasteiger partial charge in [0.25, 0.3) is 5.91 Å². The van der Waals surface area contributed by atoms with Gasteiger partial charge < -0.3 is 15.1 Å². The third-order valence-corrected chi connectivity index (χ3v) is 4.97. The van der Waals surface area contributed by atoms with Crippen molar-refractivity contribution in [1.29, 1.82) is 0 Å². The highest BCUT2D eigenvalue weighted by molar-refractivity contribution is 6.00. The molecule has 2 aromatic carbocycles. The number of carbonyl (C=O) groups excluding carboxylic acids is 3. The Balaban J connectivity index is 1.62. The zero-order valence-electron chi connectivity index (χ0n) is 16.5. The monoisotopic (exact) mass is 379 g/mol. The summed E-state index contributed by atoms with van der Waals surface area (Å²) in [5.41, 5.74) is 4.03. The summed E-state index contributed by atoms with van der Waals surface area (Å²) in [5.74, 6) is -0.372. The quantitative estimate of drug-likeness (QED) is 0.868. The molecule has 6 nitrogen and oxygen atoms in total. The molecule has 1 aliphatic rings. The van der Waals surface area contributed by atoms with Gasteiger partial charge >= 0.3 is 0 Å². The lowest BCUT2D eigenvalue weighted by Gasteiger charge is -2.19. The Hall–Kier alpha value is -3.15. The van der Waals surface area contributed by atoms with Crippen LogP contribution in [0.15, 0.2) is 42.5 Å². The number of aryl methyl sites for hydroxylation is 2. The minimum atomic E-state index is -0.243. The van der Waals surface area contributed by atoms with E-state index >= 15 is 0 Å². The molecule has 1 heterocycles. The fourth-order valence-electron chi connectivity index (χ4n) is 3.40. The van der Waals surface area contributed by atoms with Crippen molar-refractivity contribution in [3.63, 3.8) is 0 Å². The SMILES string of the molecule is Cc1cccc(C)c1NC(=O)CN(C)C(=O)c1ccc(N2CCCC2=O)cc1. The Kier molecular flexibility index (Phi) is 5.78. The van der Waals surface area contributed by atoms with Crippen molar-refractivity contribution in [3.05, 3.63) is 59.2 Å². The Morgan fingerprint density at radius 3 is 2.29 bits per heavy atom. The van der Waals surface area contributed by atoms with Gasteiger partial charge in [0.1, 0.15) is 0 Å². The third-order valence-electron chi connectivity index (χ3n) is 4.97. The second kappa shape index (κ2) is 8.25. The Morgan fingerprint density at radius 1 is 1.07 bits per heavy atom. The first-order chi connectivity index (χ1) is 13.4. The van der Waals surface area contributed by atoms with E-state index in [0.717, 1.165) is 28.9 Å². The number of carbonyl (C=O) groups is 3. The highest BCUT2D eigenvalue weighted by Gasteiger charge is 2.22. The predicted molar refractivity (Wildman–Crippen MR) is 110 cm³/mol. The molecule has 0 unspecified atom stereocenters. The van der Waals surface area contributed by atoms with Gasteiger partial charge in [0.05, 0.1) is 6.54 Å². The summed E-state index contributed by atoms with van der Waals surface area (Å²) in [6, 6.07) is 12.8. The Morgan fingerprint density at radius 2 is 1.71 bits per heavy atom. The molecule has 0 spiro atoms. The fourth-order valence-corrected chi connectivity index (χ4v) is 3.40. The van der Waals surface area contributed by atoms with Crippen LogP contribution >= 0.6 is 0 Å². The van der Waals surface area contributed by atoms with Crippen LogP contribution < -0.4 is 10.2 Å². The van der Waals surface area contributed by atoms with E-state index in [4.69, 9.17) is 0 Å². The van der Waals surface area contributed by atoms with Crippen LogP contribution in [-0.2, 0) is 9.59 Å². The molecule has 1 N–H and O–H groups in total. The summed E-state index contributed by atoms with van der Waals surface area (Å²) < 4.78 is 0. The normalized spacial score (nSPS) is 13.5. The maximum atomic E-state index is 12.6. The highest BCUT2D eigenvalue weighted by Crippen LogP contribution is 2.22. The molecule has 1 aliphatic heterocycles. The molecule has 0 bridgehead atoms. The second-order valence-corrected chi connectivity index (χ2v) is 7.17. The first-order valence-electron chi connectivity index (χ1n) is 9.39. The molecule has 0 aromatic heterocycles. The minimum absolute atomic E-state index is 0.0427. The van der Waals surface area contributed by atoms with Crippen LogP contribution in [0, 0.1) is 13.8 Å². The predicted octanol–water partition coefficient (Wildman–Crippen LogP) is 3.14. The van der Waals surface area contributed by atoms with Crippen molar-refractivity contribution in [2.75, 3.05) is 30.4 Å². The molecule has 146 valence electrons. The van der Waals surface area contributed by atoms with Crippen LogP contribution in [0.2, 0.25) is 0 Å². The molecule has 28 heavy (non-hydrogen) atoms. The zero-order chi connectivity index (χ0) is 20.3. The number of hydrogen-bond donors (Lipinski definition) is 1. The van der Waals surface area contributed by atoms with Crippen LogP contribution in [-0.4, -0.2) is 42.8 Å². The van der Waals surface area contributed by atoms with Gasteiger partial charge in [0.15, 0.2) is 0 Å². The summed E-state index contributed by atoms with van der Waals surface area (Å²) >= 11 is 0. The molecule has 0 aliphatic carbocycles. The number of amides is 3. The topological polar surface area (TPSA) is 69.7 Å². The maximum Gasteiger partial charge on any atom is 0.254 e. The summed E-state index contributed by atoms with van der Waals surface area (Å²) in [5, 5.41) is 2.89. The van der Waals surface area contributed by atoms with Crippen molar-refractivity contribution in [2.24, 2.45) is 0 Å². The molecule has 1 fully saturated rings. The molecule has 3 amide bonds. The lowest BCUT2D eigenvalue weighted by atomic mass is 10.1. The van der Waals surface area contributed by atoms with E-state index in [1.54, 1.807) is 36.2 Å². The van der Waals surface area contributed by atoms with Crippen LogP contribution in [0.1, 0.15) is 34.3 Å². The standard InChI is InChI=1S/C22H25N3O3/c1-15-6-4-7-16(2)21(15)23-19(26)14-24(3)22(28)17-9-11-18(12-10-17)25-13-5-8-20(25)27/h4,6-7,9-12H,5,8,13-14H2,1-3H3,(H,23,26). The summed E-state index contributed by atoms with van der Waals surface area (Å²) in [6.07, 6.45) is 1.43. The van der Waals surface area contributed by atoms with Gasteiger partial charge in [-0.25, -0.2) is 0 Å². The van der Waals surface area contributed by atoms with E-state index in [1.165, 1.54) is 4.90 Å². The zero-order valence-corrected chi connectivity index (χ0v) is 16.5. The summed E-state index contributed by atoms with van der Waals surface area (Å²) in [7, 11) is 1.60. The van der Waals surface area contributed by atoms with Crippen LogP contribution in [0.5, 0.6) is 0 Å². The van der Waals surface area contributed by atoms with Crippen LogP contribution in [0.4, 0.5) is 11.4 Å². The van der Waals surface area contributed by atoms with Crippen molar-refractivity contribution in [3.8, 4) is 0 Å². The molecule has 2 aromatic rings. The van der Waals surface area contributed by atoms with E-state index in [0.29, 0.717) is 18.5 Å². The van der Waals surface area contributed by atoms with Gasteiger partial charge in [-0.3, -0.25) is 14.4 Å². The van der Waals surface area contributed by atoms with Gasteiger partial charge in [-0.1, -0.05) is 18.2 Å². The Labute approximate surface area is 165 Å². The van der Waals surface area contributed by atoms with Crippen molar-refractivity contribution >= 4 is 29.1 Å². The van der Waals surface area contributed by atoms with E-state index in [9.17, 15) is 14.4 Å². The highest BCUT2D eigenvalue weighted by atomic mass is 16.2. The number of rotatable bonds is 5. The van der Waals surface area contributed by atoms with E-state index < -0.39 is 0 Å². The van der Waals surface area contributed by atoms with Gasteiger partial charge in [0, 0.05) is 37.0 Å². The van der Waals surface area contributed by atoms with Gasteiger partial charge in [-0.2, -0.15) is 0 Å². The van der Waals surface area contributed by atoms with Crippen molar-refractivity contribution in [1.82, 2.24) is 4.90 Å². The van der Waals surface area contributed by atoms with E-state index in [2.05, 4.69) is 5.32 Å². The van der Waals surface area contributed by atoms with Crippen LogP contribution in [0.3, 0.4) is 0 Å². The first-order valence-corrected chi connectivity index (χ1v) is 9.39. The molecule has 6 heteroatoms. The van der Waals surface area contributed by atoms with Gasteiger partial charge in [-0.05, 0) is 55.7 Å². The minimum Gasteiger partial charge on any atom is -0.332 e. The number of hydrogen-bond acceptors (Lipinski definition) is 3. The summed E-state index contributed by atoms with van der Waals surface area (Å²) in [4.78, 5) is 40.0. The number of likely N-dealkylation sites (N-methyl/N-ethyl adjacent to an activating group) is 1. The maximum absolute atomic E-state index is 12.6. The Bertz CT molecular complexity index is 885. The van der Waals surface area contributed by atoms with E-state index in [1.807, 2.05) is 32.0 Å². The lowest BCUT2D eigenvalue weighted by molar-refractivity contribution is -0.117. The number of benzene rings is 2.